The Morgan fingerprint density at radius 3 is 2.25 bits per heavy atom. The van der Waals surface area contributed by atoms with Crippen LogP contribution in [0.2, 0.25) is 0 Å². The number of fused-ring (bicyclic) bond motifs is 1. The van der Waals surface area contributed by atoms with Gasteiger partial charge < -0.3 is 4.90 Å². The molecule has 2 aliphatic heterocycles. The van der Waals surface area contributed by atoms with Crippen molar-refractivity contribution in [2.45, 2.75) is 44.2 Å². The van der Waals surface area contributed by atoms with Gasteiger partial charge in [-0.25, -0.2) is 0 Å². The van der Waals surface area contributed by atoms with Gasteiger partial charge in [-0.2, -0.15) is 10.1 Å². The molecule has 1 aliphatic carbocycles. The molecule has 8 nitrogen and oxygen atoms in total. The minimum absolute atomic E-state index is 0.0161. The predicted octanol–water partition coefficient (Wildman–Crippen LogP) is 0.806. The summed E-state index contributed by atoms with van der Waals surface area (Å²) in [6, 6.07) is 1.41. The molecule has 0 unspecified atom stereocenters. The molecule has 0 radical (unpaired) electrons. The SMILES string of the molecule is Cn1c(N2CC(N3CCN(C4CCCCC4)CC3)C2)nc2c(cnn2C)c1=O. The van der Waals surface area contributed by atoms with Gasteiger partial charge in [0.2, 0.25) is 5.95 Å². The molecule has 0 spiro atoms. The van der Waals surface area contributed by atoms with Gasteiger partial charge in [0.25, 0.3) is 5.56 Å². The smallest absolute Gasteiger partial charge is 0.265 e. The highest BCUT2D eigenvalue weighted by Crippen LogP contribution is 2.26. The van der Waals surface area contributed by atoms with E-state index in [1.165, 1.54) is 58.3 Å². The maximum absolute atomic E-state index is 12.6. The van der Waals surface area contributed by atoms with Crippen LogP contribution in [0.15, 0.2) is 11.0 Å². The molecule has 8 heteroatoms. The van der Waals surface area contributed by atoms with E-state index in [1.807, 2.05) is 14.1 Å². The van der Waals surface area contributed by atoms with Crippen molar-refractivity contribution in [1.82, 2.24) is 29.1 Å². The molecule has 3 aliphatic rings. The van der Waals surface area contributed by atoms with Gasteiger partial charge in [-0.3, -0.25) is 23.8 Å². The van der Waals surface area contributed by atoms with E-state index in [2.05, 4.69) is 19.8 Å². The summed E-state index contributed by atoms with van der Waals surface area (Å²) >= 11 is 0. The van der Waals surface area contributed by atoms with Crippen LogP contribution < -0.4 is 10.5 Å². The lowest BCUT2D eigenvalue weighted by atomic mass is 9.93. The van der Waals surface area contributed by atoms with Crippen LogP contribution in [0.25, 0.3) is 11.0 Å². The average molecular weight is 386 g/mol. The fourth-order valence-electron chi connectivity index (χ4n) is 5.20. The van der Waals surface area contributed by atoms with Gasteiger partial charge in [0, 0.05) is 65.4 Å². The number of hydrogen-bond acceptors (Lipinski definition) is 6. The highest BCUT2D eigenvalue weighted by molar-refractivity contribution is 5.74. The van der Waals surface area contributed by atoms with Crippen LogP contribution >= 0.6 is 0 Å². The molecule has 2 aromatic rings. The van der Waals surface area contributed by atoms with E-state index in [-0.39, 0.29) is 5.56 Å². The first-order valence-electron chi connectivity index (χ1n) is 10.7. The Balaban J connectivity index is 1.21. The van der Waals surface area contributed by atoms with Gasteiger partial charge >= 0.3 is 0 Å². The summed E-state index contributed by atoms with van der Waals surface area (Å²) in [6.07, 6.45) is 8.65. The van der Waals surface area contributed by atoms with Crippen molar-refractivity contribution in [1.29, 1.82) is 0 Å². The zero-order chi connectivity index (χ0) is 19.3. The number of anilines is 1. The third-order valence-electron chi connectivity index (χ3n) is 7.05. The summed E-state index contributed by atoms with van der Waals surface area (Å²) in [5, 5.41) is 4.77. The summed E-state index contributed by atoms with van der Waals surface area (Å²) in [5.74, 6) is 0.762. The summed E-state index contributed by atoms with van der Waals surface area (Å²) in [6.45, 7) is 6.65. The lowest BCUT2D eigenvalue weighted by Gasteiger charge is -2.49. The molecule has 0 amide bonds. The quantitative estimate of drug-likeness (QED) is 0.779. The van der Waals surface area contributed by atoms with Gasteiger partial charge in [0.15, 0.2) is 5.65 Å². The number of aryl methyl sites for hydroxylation is 1. The normalized spacial score (nSPS) is 23.4. The third kappa shape index (κ3) is 3.03. The van der Waals surface area contributed by atoms with Crippen LogP contribution in [0.4, 0.5) is 5.95 Å². The fraction of sp³-hybridized carbons (Fsp3) is 0.750. The Labute approximate surface area is 165 Å². The van der Waals surface area contributed by atoms with E-state index in [9.17, 15) is 4.79 Å². The number of hydrogen-bond donors (Lipinski definition) is 0. The molecule has 28 heavy (non-hydrogen) atoms. The van der Waals surface area contributed by atoms with Crippen molar-refractivity contribution in [3.63, 3.8) is 0 Å². The van der Waals surface area contributed by atoms with Gasteiger partial charge in [0.1, 0.15) is 5.39 Å². The zero-order valence-corrected chi connectivity index (χ0v) is 17.0. The first-order chi connectivity index (χ1) is 13.6. The summed E-state index contributed by atoms with van der Waals surface area (Å²) in [5.41, 5.74) is 0.653. The largest absolute Gasteiger partial charge is 0.339 e. The Morgan fingerprint density at radius 2 is 1.57 bits per heavy atom. The molecule has 0 atom stereocenters. The lowest BCUT2D eigenvalue weighted by molar-refractivity contribution is 0.0484. The van der Waals surface area contributed by atoms with Gasteiger partial charge in [0.05, 0.1) is 6.20 Å². The van der Waals surface area contributed by atoms with E-state index in [0.717, 1.165) is 25.1 Å². The summed E-state index contributed by atoms with van der Waals surface area (Å²) < 4.78 is 3.35. The first-order valence-corrected chi connectivity index (χ1v) is 10.7. The van der Waals surface area contributed by atoms with Crippen LogP contribution in [-0.2, 0) is 14.1 Å². The molecular formula is C20H31N7O. The van der Waals surface area contributed by atoms with Crippen LogP contribution in [0.5, 0.6) is 0 Å². The molecular weight excluding hydrogens is 354 g/mol. The van der Waals surface area contributed by atoms with E-state index < -0.39 is 0 Å². The molecule has 2 aromatic heterocycles. The van der Waals surface area contributed by atoms with E-state index in [1.54, 1.807) is 15.4 Å². The number of aromatic nitrogens is 4. The van der Waals surface area contributed by atoms with E-state index in [4.69, 9.17) is 4.98 Å². The van der Waals surface area contributed by atoms with Gasteiger partial charge in [-0.1, -0.05) is 19.3 Å². The Morgan fingerprint density at radius 1 is 0.929 bits per heavy atom. The summed E-state index contributed by atoms with van der Waals surface area (Å²) in [7, 11) is 3.65. The number of rotatable bonds is 3. The van der Waals surface area contributed by atoms with Crippen molar-refractivity contribution in [3.05, 3.63) is 16.6 Å². The van der Waals surface area contributed by atoms with Crippen molar-refractivity contribution in [2.75, 3.05) is 44.2 Å². The molecule has 0 aromatic carbocycles. The number of nitrogens with zero attached hydrogens (tertiary/aromatic N) is 7. The maximum Gasteiger partial charge on any atom is 0.265 e. The highest BCUT2D eigenvalue weighted by atomic mass is 16.1. The van der Waals surface area contributed by atoms with Crippen molar-refractivity contribution in [3.8, 4) is 0 Å². The molecule has 5 rings (SSSR count). The fourth-order valence-corrected chi connectivity index (χ4v) is 5.20. The highest BCUT2D eigenvalue weighted by Gasteiger charge is 2.36. The minimum Gasteiger partial charge on any atom is -0.339 e. The molecule has 0 bridgehead atoms. The molecule has 3 fully saturated rings. The first kappa shape index (κ1) is 18.1. The van der Waals surface area contributed by atoms with E-state index >= 15 is 0 Å². The Hall–Kier alpha value is -1.93. The maximum atomic E-state index is 12.6. The second kappa shape index (κ2) is 7.15. The molecule has 1 saturated carbocycles. The number of piperazine rings is 1. The van der Waals surface area contributed by atoms with Gasteiger partial charge in [-0.05, 0) is 12.8 Å². The second-order valence-electron chi connectivity index (χ2n) is 8.70. The standard InChI is InChI=1S/C20H31N7O/c1-23-19(28)17-12-21-24(2)18(17)22-20(23)27-13-16(14-27)26-10-8-25(9-11-26)15-6-4-3-5-7-15/h12,15-16H,3-11,13-14H2,1-2H3. The topological polar surface area (TPSA) is 62.4 Å². The Bertz CT molecular complexity index is 899. The monoisotopic (exact) mass is 385 g/mol. The second-order valence-corrected chi connectivity index (χ2v) is 8.70. The lowest BCUT2D eigenvalue weighted by Crippen LogP contribution is -2.64. The van der Waals surface area contributed by atoms with Crippen LogP contribution in [0.1, 0.15) is 32.1 Å². The predicted molar refractivity (Wildman–Crippen MR) is 110 cm³/mol. The van der Waals surface area contributed by atoms with Crippen LogP contribution in [0.3, 0.4) is 0 Å². The molecule has 2 saturated heterocycles. The van der Waals surface area contributed by atoms with Crippen molar-refractivity contribution < 1.29 is 0 Å². The minimum atomic E-state index is -0.0161. The Kier molecular flexibility index (Phi) is 4.63. The van der Waals surface area contributed by atoms with Crippen LogP contribution in [-0.4, -0.2) is 80.5 Å². The zero-order valence-electron chi connectivity index (χ0n) is 17.0. The third-order valence-corrected chi connectivity index (χ3v) is 7.05. The molecule has 4 heterocycles. The van der Waals surface area contributed by atoms with Crippen molar-refractivity contribution in [2.24, 2.45) is 14.1 Å². The summed E-state index contributed by atoms with van der Waals surface area (Å²) in [4.78, 5) is 24.9. The molecule has 152 valence electrons. The average Bonchev–Trinajstić information content (AvgIpc) is 3.06. The molecule has 0 N–H and O–H groups in total. The van der Waals surface area contributed by atoms with Crippen LogP contribution in [0, 0.1) is 0 Å². The van der Waals surface area contributed by atoms with Crippen molar-refractivity contribution >= 4 is 17.0 Å². The van der Waals surface area contributed by atoms with Gasteiger partial charge in [-0.15, -0.1) is 0 Å². The van der Waals surface area contributed by atoms with E-state index in [0.29, 0.717) is 17.1 Å².